The molecule has 0 aliphatic rings. The van der Waals surface area contributed by atoms with Gasteiger partial charge in [0.1, 0.15) is 6.61 Å². The van der Waals surface area contributed by atoms with Crippen molar-refractivity contribution < 1.29 is 4.74 Å². The van der Waals surface area contributed by atoms with Gasteiger partial charge in [0.15, 0.2) is 0 Å². The zero-order chi connectivity index (χ0) is 13.7. The van der Waals surface area contributed by atoms with Gasteiger partial charge in [0, 0.05) is 21.6 Å². The lowest BCUT2D eigenvalue weighted by molar-refractivity contribution is 0.218. The van der Waals surface area contributed by atoms with Crippen LogP contribution in [0.1, 0.15) is 13.8 Å². The van der Waals surface area contributed by atoms with E-state index >= 15 is 0 Å². The molecule has 1 aromatic carbocycles. The van der Waals surface area contributed by atoms with Crippen LogP contribution in [0.15, 0.2) is 30.3 Å². The molecule has 0 unspecified atom stereocenters. The van der Waals surface area contributed by atoms with Gasteiger partial charge in [-0.2, -0.15) is 0 Å². The lowest BCUT2D eigenvalue weighted by Gasteiger charge is -2.17. The summed E-state index contributed by atoms with van der Waals surface area (Å²) in [5, 5.41) is 1.16. The summed E-state index contributed by atoms with van der Waals surface area (Å²) in [7, 11) is 0. The highest BCUT2D eigenvalue weighted by Crippen LogP contribution is 2.19. The average Bonchev–Trinajstić information content (AvgIpc) is 2.43. The molecule has 0 atom stereocenters. The van der Waals surface area contributed by atoms with Gasteiger partial charge in [-0.1, -0.05) is 13.8 Å². The van der Waals surface area contributed by atoms with Crippen molar-refractivity contribution in [2.75, 3.05) is 26.2 Å². The maximum absolute atomic E-state index is 5.72. The first-order chi connectivity index (χ1) is 9.22. The van der Waals surface area contributed by atoms with Crippen LogP contribution < -0.4 is 4.74 Å². The third-order valence-corrected chi connectivity index (χ3v) is 3.85. The van der Waals surface area contributed by atoms with Crippen molar-refractivity contribution in [3.8, 4) is 5.88 Å². The topological polar surface area (TPSA) is 25.4 Å². The van der Waals surface area contributed by atoms with Crippen molar-refractivity contribution >= 4 is 33.5 Å². The fraction of sp³-hybridized carbons (Fsp3) is 0.400. The van der Waals surface area contributed by atoms with Crippen molar-refractivity contribution in [2.45, 2.75) is 13.8 Å². The van der Waals surface area contributed by atoms with E-state index in [1.807, 2.05) is 12.1 Å². The number of likely N-dealkylation sites (N-methyl/N-ethyl adjacent to an activating group) is 1. The Labute approximate surface area is 128 Å². The molecule has 1 heterocycles. The summed E-state index contributed by atoms with van der Waals surface area (Å²) in [6.07, 6.45) is 0. The standard InChI is InChI=1S/C15H19IN2O/c1-3-18(4-2)9-10-19-15-8-5-12-11-13(16)6-7-14(12)17-15/h5-8,11H,3-4,9-10H2,1-2H3. The molecular weight excluding hydrogens is 351 g/mol. The lowest BCUT2D eigenvalue weighted by Crippen LogP contribution is -2.28. The van der Waals surface area contributed by atoms with E-state index in [2.05, 4.69) is 64.5 Å². The van der Waals surface area contributed by atoms with Crippen LogP contribution in [0.2, 0.25) is 0 Å². The molecule has 2 aromatic rings. The molecular formula is C15H19IN2O. The van der Waals surface area contributed by atoms with Crippen LogP contribution >= 0.6 is 22.6 Å². The highest BCUT2D eigenvalue weighted by Gasteiger charge is 2.02. The van der Waals surface area contributed by atoms with Gasteiger partial charge in [-0.15, -0.1) is 0 Å². The number of fused-ring (bicyclic) bond motifs is 1. The molecule has 0 N–H and O–H groups in total. The third kappa shape index (κ3) is 4.04. The SMILES string of the molecule is CCN(CC)CCOc1ccc2cc(I)ccc2n1. The smallest absolute Gasteiger partial charge is 0.213 e. The second kappa shape index (κ2) is 7.05. The van der Waals surface area contributed by atoms with Crippen LogP contribution in [0.4, 0.5) is 0 Å². The third-order valence-electron chi connectivity index (χ3n) is 3.18. The summed E-state index contributed by atoms with van der Waals surface area (Å²) in [5.74, 6) is 0.709. The summed E-state index contributed by atoms with van der Waals surface area (Å²) in [6.45, 7) is 8.08. The molecule has 0 aliphatic carbocycles. The second-order valence-corrected chi connectivity index (χ2v) is 5.61. The molecule has 0 spiro atoms. The molecule has 2 rings (SSSR count). The number of pyridine rings is 1. The molecule has 102 valence electrons. The first-order valence-corrected chi connectivity index (χ1v) is 7.72. The summed E-state index contributed by atoms with van der Waals surface area (Å²) in [4.78, 5) is 6.86. The van der Waals surface area contributed by atoms with Gasteiger partial charge < -0.3 is 9.64 Å². The van der Waals surface area contributed by atoms with Crippen molar-refractivity contribution in [3.63, 3.8) is 0 Å². The average molecular weight is 370 g/mol. The van der Waals surface area contributed by atoms with Crippen LogP contribution in [-0.4, -0.2) is 36.1 Å². The molecule has 0 saturated carbocycles. The van der Waals surface area contributed by atoms with Crippen LogP contribution in [0, 0.1) is 3.57 Å². The van der Waals surface area contributed by atoms with Gasteiger partial charge in [0.2, 0.25) is 5.88 Å². The number of aromatic nitrogens is 1. The second-order valence-electron chi connectivity index (χ2n) is 4.36. The molecule has 19 heavy (non-hydrogen) atoms. The Morgan fingerprint density at radius 1 is 1.16 bits per heavy atom. The molecule has 0 saturated heterocycles. The summed E-state index contributed by atoms with van der Waals surface area (Å²) in [5.41, 5.74) is 0.987. The van der Waals surface area contributed by atoms with E-state index < -0.39 is 0 Å². The Kier molecular flexibility index (Phi) is 5.39. The zero-order valence-corrected chi connectivity index (χ0v) is 13.6. The first-order valence-electron chi connectivity index (χ1n) is 6.64. The summed E-state index contributed by atoms with van der Waals surface area (Å²) in [6, 6.07) is 10.2. The van der Waals surface area contributed by atoms with Gasteiger partial charge in [-0.3, -0.25) is 0 Å². The van der Waals surface area contributed by atoms with E-state index in [1.165, 1.54) is 3.57 Å². The Bertz CT molecular complexity index is 541. The van der Waals surface area contributed by atoms with Crippen LogP contribution in [0.3, 0.4) is 0 Å². The van der Waals surface area contributed by atoms with Crippen molar-refractivity contribution in [3.05, 3.63) is 33.9 Å². The minimum Gasteiger partial charge on any atom is -0.476 e. The number of ether oxygens (including phenoxy) is 1. The van der Waals surface area contributed by atoms with Crippen molar-refractivity contribution in [1.29, 1.82) is 0 Å². The number of benzene rings is 1. The number of rotatable bonds is 6. The van der Waals surface area contributed by atoms with Gasteiger partial charge in [0.05, 0.1) is 5.52 Å². The van der Waals surface area contributed by atoms with Crippen LogP contribution in [0.5, 0.6) is 5.88 Å². The zero-order valence-electron chi connectivity index (χ0n) is 11.4. The number of nitrogens with zero attached hydrogens (tertiary/aromatic N) is 2. The maximum Gasteiger partial charge on any atom is 0.213 e. The number of hydrogen-bond donors (Lipinski definition) is 0. The van der Waals surface area contributed by atoms with Crippen molar-refractivity contribution in [1.82, 2.24) is 9.88 Å². The Morgan fingerprint density at radius 2 is 1.95 bits per heavy atom. The van der Waals surface area contributed by atoms with E-state index in [9.17, 15) is 0 Å². The fourth-order valence-electron chi connectivity index (χ4n) is 1.98. The van der Waals surface area contributed by atoms with Crippen molar-refractivity contribution in [2.24, 2.45) is 0 Å². The molecule has 4 heteroatoms. The molecule has 3 nitrogen and oxygen atoms in total. The molecule has 0 bridgehead atoms. The highest BCUT2D eigenvalue weighted by atomic mass is 127. The summed E-state index contributed by atoms with van der Waals surface area (Å²) < 4.78 is 6.95. The molecule has 0 radical (unpaired) electrons. The van der Waals surface area contributed by atoms with E-state index in [-0.39, 0.29) is 0 Å². The van der Waals surface area contributed by atoms with Gasteiger partial charge in [0.25, 0.3) is 0 Å². The molecule has 0 amide bonds. The largest absolute Gasteiger partial charge is 0.476 e. The molecule has 0 aliphatic heterocycles. The Morgan fingerprint density at radius 3 is 2.68 bits per heavy atom. The van der Waals surface area contributed by atoms with Gasteiger partial charge in [-0.05, 0) is 59.9 Å². The quantitative estimate of drug-likeness (QED) is 0.728. The van der Waals surface area contributed by atoms with Gasteiger partial charge in [-0.25, -0.2) is 4.98 Å². The van der Waals surface area contributed by atoms with E-state index in [4.69, 9.17) is 4.74 Å². The Hall–Kier alpha value is -0.880. The monoisotopic (exact) mass is 370 g/mol. The lowest BCUT2D eigenvalue weighted by atomic mass is 10.2. The minimum atomic E-state index is 0.685. The number of halogens is 1. The number of hydrogen-bond acceptors (Lipinski definition) is 3. The Balaban J connectivity index is 1.99. The van der Waals surface area contributed by atoms with Crippen LogP contribution in [-0.2, 0) is 0 Å². The predicted octanol–water partition coefficient (Wildman–Crippen LogP) is 3.56. The van der Waals surface area contributed by atoms with Gasteiger partial charge >= 0.3 is 0 Å². The van der Waals surface area contributed by atoms with E-state index in [0.717, 1.165) is 30.5 Å². The fourth-order valence-corrected chi connectivity index (χ4v) is 2.49. The normalized spacial score (nSPS) is 11.2. The maximum atomic E-state index is 5.72. The van der Waals surface area contributed by atoms with E-state index in [0.29, 0.717) is 12.5 Å². The predicted molar refractivity (Wildman–Crippen MR) is 87.7 cm³/mol. The summed E-state index contributed by atoms with van der Waals surface area (Å²) >= 11 is 2.31. The van der Waals surface area contributed by atoms with E-state index in [1.54, 1.807) is 0 Å². The first kappa shape index (κ1) is 14.5. The van der Waals surface area contributed by atoms with Crippen LogP contribution in [0.25, 0.3) is 10.9 Å². The molecule has 0 fully saturated rings. The molecule has 1 aromatic heterocycles. The highest BCUT2D eigenvalue weighted by molar-refractivity contribution is 14.1. The minimum absolute atomic E-state index is 0.685.